The fourth-order valence-corrected chi connectivity index (χ4v) is 1.38. The van der Waals surface area contributed by atoms with Gasteiger partial charge in [0.1, 0.15) is 0 Å². The van der Waals surface area contributed by atoms with Crippen LogP contribution in [0.25, 0.3) is 0 Å². The van der Waals surface area contributed by atoms with Gasteiger partial charge in [0, 0.05) is 20.5 Å². The maximum absolute atomic E-state index is 10.9. The van der Waals surface area contributed by atoms with Gasteiger partial charge in [0.2, 0.25) is 5.91 Å². The highest BCUT2D eigenvalue weighted by molar-refractivity contribution is 5.72. The minimum absolute atomic E-state index is 0.0629. The average Bonchev–Trinajstić information content (AvgIpc) is 2.30. The number of benzene rings is 1. The first-order chi connectivity index (χ1) is 8.09. The Bertz CT molecular complexity index is 340. The number of ether oxygens (including phenoxy) is 1. The number of rotatable bonds is 6. The number of carbonyl (C=O) groups excluding carboxylic acids is 1. The van der Waals surface area contributed by atoms with Crippen molar-refractivity contribution in [1.29, 1.82) is 0 Å². The van der Waals surface area contributed by atoms with Crippen LogP contribution in [0.4, 0.5) is 0 Å². The average molecular weight is 237 g/mol. The first-order valence-electron chi connectivity index (χ1n) is 5.61. The fourth-order valence-electron chi connectivity index (χ4n) is 1.38. The zero-order valence-electron chi connectivity index (χ0n) is 10.3. The van der Waals surface area contributed by atoms with E-state index in [9.17, 15) is 9.90 Å². The van der Waals surface area contributed by atoms with Gasteiger partial charge in [0.25, 0.3) is 0 Å². The summed E-state index contributed by atoms with van der Waals surface area (Å²) in [5.74, 6) is -0.0629. The molecule has 0 aromatic heterocycles. The van der Waals surface area contributed by atoms with Crippen LogP contribution in [0, 0.1) is 0 Å². The monoisotopic (exact) mass is 237 g/mol. The molecule has 0 unspecified atom stereocenters. The fraction of sp³-hybridized carbons (Fsp3) is 0.462. The van der Waals surface area contributed by atoms with E-state index in [1.54, 1.807) is 7.05 Å². The van der Waals surface area contributed by atoms with E-state index in [1.807, 2.05) is 30.3 Å². The van der Waals surface area contributed by atoms with Crippen LogP contribution in [0.2, 0.25) is 0 Å². The summed E-state index contributed by atoms with van der Waals surface area (Å²) in [6.45, 7) is 2.47. The van der Waals surface area contributed by atoms with E-state index < -0.39 is 6.10 Å². The van der Waals surface area contributed by atoms with Crippen molar-refractivity contribution in [3.8, 4) is 0 Å². The van der Waals surface area contributed by atoms with Gasteiger partial charge in [-0.3, -0.25) is 4.79 Å². The normalized spacial score (nSPS) is 12.2. The van der Waals surface area contributed by atoms with Crippen LogP contribution in [0.5, 0.6) is 0 Å². The van der Waals surface area contributed by atoms with Gasteiger partial charge < -0.3 is 14.7 Å². The minimum atomic E-state index is -0.646. The molecule has 0 aliphatic rings. The Kier molecular flexibility index (Phi) is 5.66. The topological polar surface area (TPSA) is 49.8 Å². The second-order valence-corrected chi connectivity index (χ2v) is 4.05. The van der Waals surface area contributed by atoms with E-state index in [0.717, 1.165) is 5.56 Å². The van der Waals surface area contributed by atoms with E-state index in [2.05, 4.69) is 0 Å². The van der Waals surface area contributed by atoms with Crippen molar-refractivity contribution in [2.24, 2.45) is 0 Å². The lowest BCUT2D eigenvalue weighted by Gasteiger charge is -2.19. The predicted octanol–water partition coefficient (Wildman–Crippen LogP) is 1.04. The molecular weight excluding hydrogens is 218 g/mol. The second-order valence-electron chi connectivity index (χ2n) is 4.05. The van der Waals surface area contributed by atoms with E-state index in [1.165, 1.54) is 11.8 Å². The summed E-state index contributed by atoms with van der Waals surface area (Å²) in [6, 6.07) is 9.76. The highest BCUT2D eigenvalue weighted by Crippen LogP contribution is 2.01. The number of hydrogen-bond acceptors (Lipinski definition) is 3. The van der Waals surface area contributed by atoms with Crippen LogP contribution < -0.4 is 0 Å². The number of nitrogens with zero attached hydrogens (tertiary/aromatic N) is 1. The van der Waals surface area contributed by atoms with Crippen molar-refractivity contribution in [3.63, 3.8) is 0 Å². The van der Waals surface area contributed by atoms with Gasteiger partial charge in [-0.25, -0.2) is 0 Å². The molecule has 4 nitrogen and oxygen atoms in total. The molecule has 0 saturated carbocycles. The largest absolute Gasteiger partial charge is 0.389 e. The van der Waals surface area contributed by atoms with Crippen LogP contribution in [0.15, 0.2) is 30.3 Å². The molecule has 1 N–H and O–H groups in total. The Morgan fingerprint density at radius 1 is 1.41 bits per heavy atom. The molecule has 0 heterocycles. The van der Waals surface area contributed by atoms with Gasteiger partial charge in [-0.1, -0.05) is 30.3 Å². The Hall–Kier alpha value is -1.39. The Labute approximate surface area is 102 Å². The third-order valence-electron chi connectivity index (χ3n) is 2.44. The quantitative estimate of drug-likeness (QED) is 0.804. The molecule has 0 spiro atoms. The standard InChI is InChI=1S/C13H19NO3/c1-11(15)14(2)8-13(16)10-17-9-12-6-4-3-5-7-12/h3-7,13,16H,8-10H2,1-2H3/t13-/m0/s1. The van der Waals surface area contributed by atoms with Crippen molar-refractivity contribution < 1.29 is 14.6 Å². The van der Waals surface area contributed by atoms with E-state index in [0.29, 0.717) is 13.2 Å². The summed E-state index contributed by atoms with van der Waals surface area (Å²) in [5, 5.41) is 9.63. The Morgan fingerprint density at radius 3 is 2.65 bits per heavy atom. The number of amides is 1. The minimum Gasteiger partial charge on any atom is -0.389 e. The summed E-state index contributed by atoms with van der Waals surface area (Å²) < 4.78 is 5.37. The van der Waals surface area contributed by atoms with Crippen LogP contribution in [0.3, 0.4) is 0 Å². The number of likely N-dealkylation sites (N-methyl/N-ethyl adjacent to an activating group) is 1. The predicted molar refractivity (Wildman–Crippen MR) is 65.4 cm³/mol. The van der Waals surface area contributed by atoms with Crippen molar-refractivity contribution in [1.82, 2.24) is 4.90 Å². The second kappa shape index (κ2) is 7.04. The Morgan fingerprint density at radius 2 is 2.06 bits per heavy atom. The zero-order chi connectivity index (χ0) is 12.7. The van der Waals surface area contributed by atoms with E-state index in [-0.39, 0.29) is 12.5 Å². The highest BCUT2D eigenvalue weighted by atomic mass is 16.5. The Balaban J connectivity index is 2.20. The molecular formula is C13H19NO3. The molecule has 0 saturated heterocycles. The van der Waals surface area contributed by atoms with E-state index in [4.69, 9.17) is 4.74 Å². The van der Waals surface area contributed by atoms with Gasteiger partial charge in [0.15, 0.2) is 0 Å². The molecule has 0 fully saturated rings. The highest BCUT2D eigenvalue weighted by Gasteiger charge is 2.10. The van der Waals surface area contributed by atoms with Crippen LogP contribution >= 0.6 is 0 Å². The molecule has 1 atom stereocenters. The summed E-state index contributed by atoms with van der Waals surface area (Å²) in [6.07, 6.45) is -0.646. The maximum atomic E-state index is 10.9. The number of hydrogen-bond donors (Lipinski definition) is 1. The van der Waals surface area contributed by atoms with Crippen LogP contribution in [-0.4, -0.2) is 42.2 Å². The molecule has 1 aromatic rings. The summed E-state index contributed by atoms with van der Waals surface area (Å²) in [5.41, 5.74) is 1.07. The summed E-state index contributed by atoms with van der Waals surface area (Å²) in [4.78, 5) is 12.4. The van der Waals surface area contributed by atoms with Crippen molar-refractivity contribution in [2.45, 2.75) is 19.6 Å². The van der Waals surface area contributed by atoms with Crippen molar-refractivity contribution in [3.05, 3.63) is 35.9 Å². The SMILES string of the molecule is CC(=O)N(C)C[C@H](O)COCc1ccccc1. The van der Waals surface area contributed by atoms with Gasteiger partial charge in [-0.05, 0) is 5.56 Å². The van der Waals surface area contributed by atoms with Crippen molar-refractivity contribution in [2.75, 3.05) is 20.2 Å². The lowest BCUT2D eigenvalue weighted by Crippen LogP contribution is -2.34. The van der Waals surface area contributed by atoms with Gasteiger partial charge in [0.05, 0.1) is 19.3 Å². The molecule has 4 heteroatoms. The summed E-state index contributed by atoms with van der Waals surface area (Å²) in [7, 11) is 1.66. The van der Waals surface area contributed by atoms with Crippen molar-refractivity contribution >= 4 is 5.91 Å². The first kappa shape index (κ1) is 13.7. The lowest BCUT2D eigenvalue weighted by molar-refractivity contribution is -0.129. The zero-order valence-corrected chi connectivity index (χ0v) is 10.3. The molecule has 0 aliphatic heterocycles. The number of aliphatic hydroxyl groups excluding tert-OH is 1. The molecule has 1 amide bonds. The number of carbonyl (C=O) groups is 1. The van der Waals surface area contributed by atoms with E-state index >= 15 is 0 Å². The third-order valence-corrected chi connectivity index (χ3v) is 2.44. The number of aliphatic hydroxyl groups is 1. The molecule has 1 rings (SSSR count). The van der Waals surface area contributed by atoms with Crippen LogP contribution in [0.1, 0.15) is 12.5 Å². The molecule has 0 radical (unpaired) electrons. The first-order valence-corrected chi connectivity index (χ1v) is 5.61. The molecule has 1 aromatic carbocycles. The molecule has 0 bridgehead atoms. The van der Waals surface area contributed by atoms with Crippen LogP contribution in [-0.2, 0) is 16.1 Å². The maximum Gasteiger partial charge on any atom is 0.219 e. The third kappa shape index (κ3) is 5.47. The van der Waals surface area contributed by atoms with Gasteiger partial charge in [-0.15, -0.1) is 0 Å². The molecule has 0 aliphatic carbocycles. The van der Waals surface area contributed by atoms with Gasteiger partial charge >= 0.3 is 0 Å². The molecule has 94 valence electrons. The smallest absolute Gasteiger partial charge is 0.219 e. The molecule has 17 heavy (non-hydrogen) atoms. The summed E-state index contributed by atoms with van der Waals surface area (Å²) >= 11 is 0. The van der Waals surface area contributed by atoms with Gasteiger partial charge in [-0.2, -0.15) is 0 Å². The lowest BCUT2D eigenvalue weighted by atomic mass is 10.2.